The normalized spacial score (nSPS) is 10.8. The lowest BCUT2D eigenvalue weighted by Gasteiger charge is -2.05. The van der Waals surface area contributed by atoms with Gasteiger partial charge in [0.05, 0.1) is 5.52 Å². The van der Waals surface area contributed by atoms with E-state index in [4.69, 9.17) is 4.74 Å². The van der Waals surface area contributed by atoms with Crippen LogP contribution < -0.4 is 10.6 Å². The zero-order valence-corrected chi connectivity index (χ0v) is 16.2. The first-order chi connectivity index (χ1) is 14.1. The molecule has 0 saturated heterocycles. The van der Waals surface area contributed by atoms with Crippen molar-refractivity contribution < 1.29 is 18.7 Å². The number of rotatable bonds is 9. The lowest BCUT2D eigenvalue weighted by molar-refractivity contribution is 0.0943. The summed E-state index contributed by atoms with van der Waals surface area (Å²) >= 11 is 0. The Labute approximate surface area is 167 Å². The Balaban J connectivity index is 1.69. The minimum atomic E-state index is -0.383. The average Bonchev–Trinajstić information content (AvgIpc) is 3.12. The second kappa shape index (κ2) is 9.79. The van der Waals surface area contributed by atoms with Crippen LogP contribution >= 0.6 is 0 Å². The summed E-state index contributed by atoms with van der Waals surface area (Å²) in [6.45, 7) is 1.37. The molecule has 0 atom stereocenters. The van der Waals surface area contributed by atoms with Gasteiger partial charge in [-0.25, -0.2) is 9.37 Å². The van der Waals surface area contributed by atoms with Crippen molar-refractivity contribution in [2.45, 2.75) is 12.8 Å². The lowest BCUT2D eigenvalue weighted by atomic mass is 10.1. The first-order valence-corrected chi connectivity index (χ1v) is 9.37. The molecule has 0 bridgehead atoms. The number of nitrogens with one attached hydrogen (secondary N) is 2. The molecule has 3 rings (SSSR count). The molecule has 7 nitrogen and oxygen atoms in total. The third kappa shape index (κ3) is 5.17. The Bertz CT molecular complexity index is 985. The molecule has 0 unspecified atom stereocenters. The molecule has 2 heterocycles. The number of nitrogens with zero attached hydrogens (tertiary/aromatic N) is 2. The highest BCUT2D eigenvalue weighted by molar-refractivity contribution is 6.02. The predicted octanol–water partition coefficient (Wildman–Crippen LogP) is 2.21. The zero-order valence-electron chi connectivity index (χ0n) is 16.2. The molecular formula is C21H23FN4O3. The number of ether oxygens (including phenoxy) is 1. The monoisotopic (exact) mass is 398 g/mol. The zero-order chi connectivity index (χ0) is 20.6. The van der Waals surface area contributed by atoms with Crippen LogP contribution in [0.5, 0.6) is 0 Å². The molecule has 152 valence electrons. The Hall–Kier alpha value is -3.26. The summed E-state index contributed by atoms with van der Waals surface area (Å²) < 4.78 is 19.5. The second-order valence-electron chi connectivity index (χ2n) is 6.47. The molecular weight excluding hydrogens is 375 g/mol. The first kappa shape index (κ1) is 20.5. The number of hydrogen-bond acceptors (Lipinski definition) is 4. The number of hydrogen-bond donors (Lipinski definition) is 2. The molecule has 0 aliphatic heterocycles. The van der Waals surface area contributed by atoms with Gasteiger partial charge in [0.1, 0.15) is 5.82 Å². The maximum absolute atomic E-state index is 13.0. The van der Waals surface area contributed by atoms with Crippen LogP contribution in [0.4, 0.5) is 4.39 Å². The number of fused-ring (bicyclic) bond motifs is 1. The molecule has 2 aromatic heterocycles. The van der Waals surface area contributed by atoms with E-state index in [-0.39, 0.29) is 29.1 Å². The van der Waals surface area contributed by atoms with Crippen molar-refractivity contribution in [3.8, 4) is 0 Å². The van der Waals surface area contributed by atoms with Crippen LogP contribution in [-0.2, 0) is 11.2 Å². The van der Waals surface area contributed by atoms with Crippen LogP contribution in [0.1, 0.15) is 33.1 Å². The first-order valence-electron chi connectivity index (χ1n) is 9.37. The molecule has 0 aliphatic carbocycles. The fourth-order valence-electron chi connectivity index (χ4n) is 2.92. The number of aromatic nitrogens is 2. The van der Waals surface area contributed by atoms with Gasteiger partial charge in [-0.3, -0.25) is 14.0 Å². The summed E-state index contributed by atoms with van der Waals surface area (Å²) in [5.74, 6) is -0.877. The molecule has 0 spiro atoms. The molecule has 29 heavy (non-hydrogen) atoms. The van der Waals surface area contributed by atoms with Crippen molar-refractivity contribution >= 4 is 17.3 Å². The van der Waals surface area contributed by atoms with E-state index < -0.39 is 0 Å². The largest absolute Gasteiger partial charge is 0.385 e. The third-order valence-electron chi connectivity index (χ3n) is 4.39. The predicted molar refractivity (Wildman–Crippen MR) is 106 cm³/mol. The van der Waals surface area contributed by atoms with Crippen molar-refractivity contribution in [3.63, 3.8) is 0 Å². The molecule has 2 N–H and O–H groups in total. The third-order valence-corrected chi connectivity index (χ3v) is 4.39. The topological polar surface area (TPSA) is 84.7 Å². The summed E-state index contributed by atoms with van der Waals surface area (Å²) in [5, 5.41) is 5.59. The van der Waals surface area contributed by atoms with Crippen LogP contribution in [-0.4, -0.2) is 48.0 Å². The van der Waals surface area contributed by atoms with E-state index in [0.29, 0.717) is 38.1 Å². The summed E-state index contributed by atoms with van der Waals surface area (Å²) in [4.78, 5) is 29.4. The highest BCUT2D eigenvalue weighted by Gasteiger charge is 2.21. The molecule has 2 amide bonds. The maximum Gasteiger partial charge on any atom is 0.287 e. The van der Waals surface area contributed by atoms with E-state index in [1.165, 1.54) is 12.1 Å². The van der Waals surface area contributed by atoms with Crippen molar-refractivity contribution in [3.05, 3.63) is 71.6 Å². The molecule has 1 aromatic carbocycles. The van der Waals surface area contributed by atoms with Gasteiger partial charge >= 0.3 is 0 Å². The Morgan fingerprint density at radius 2 is 1.83 bits per heavy atom. The van der Waals surface area contributed by atoms with Crippen molar-refractivity contribution in [2.24, 2.45) is 0 Å². The fraction of sp³-hybridized carbons (Fsp3) is 0.286. The number of methoxy groups -OCH3 is 1. The summed E-state index contributed by atoms with van der Waals surface area (Å²) in [5.41, 5.74) is 1.67. The molecule has 0 saturated carbocycles. The van der Waals surface area contributed by atoms with Gasteiger partial charge < -0.3 is 15.4 Å². The summed E-state index contributed by atoms with van der Waals surface area (Å²) in [6.07, 6.45) is 2.94. The number of carbonyl (C=O) groups is 2. The van der Waals surface area contributed by atoms with E-state index in [2.05, 4.69) is 15.6 Å². The molecule has 0 aliphatic rings. The van der Waals surface area contributed by atoms with Crippen LogP contribution in [0.15, 0.2) is 48.7 Å². The molecule has 8 heteroatoms. The highest BCUT2D eigenvalue weighted by Crippen LogP contribution is 2.13. The van der Waals surface area contributed by atoms with Crippen molar-refractivity contribution in [2.75, 3.05) is 26.8 Å². The van der Waals surface area contributed by atoms with Crippen LogP contribution in [0.2, 0.25) is 0 Å². The van der Waals surface area contributed by atoms with Crippen LogP contribution in [0.3, 0.4) is 0 Å². The van der Waals surface area contributed by atoms with E-state index in [0.717, 1.165) is 5.56 Å². The molecule has 3 aromatic rings. The summed E-state index contributed by atoms with van der Waals surface area (Å²) in [7, 11) is 1.60. The average molecular weight is 398 g/mol. The van der Waals surface area contributed by atoms with Gasteiger partial charge in [0.25, 0.3) is 11.8 Å². The number of imidazole rings is 1. The molecule has 0 radical (unpaired) electrons. The van der Waals surface area contributed by atoms with E-state index in [1.54, 1.807) is 48.0 Å². The van der Waals surface area contributed by atoms with Gasteiger partial charge in [-0.1, -0.05) is 18.2 Å². The number of amides is 2. The van der Waals surface area contributed by atoms with Gasteiger partial charge in [0.15, 0.2) is 5.69 Å². The van der Waals surface area contributed by atoms with Gasteiger partial charge in [-0.05, 0) is 42.7 Å². The van der Waals surface area contributed by atoms with Gasteiger partial charge in [-0.15, -0.1) is 0 Å². The van der Waals surface area contributed by atoms with E-state index >= 15 is 0 Å². The standard InChI is InChI=1S/C21H23FN4O3/c1-29-14-4-11-23-20(27)18-17-5-2-3-13-26(17)19(25-18)21(28)24-12-10-15-6-8-16(22)9-7-15/h2-3,5-9,13H,4,10-12,14H2,1H3,(H,23,27)(H,24,28). The number of pyridine rings is 1. The smallest absolute Gasteiger partial charge is 0.287 e. The Morgan fingerprint density at radius 1 is 1.07 bits per heavy atom. The number of halogens is 1. The van der Waals surface area contributed by atoms with Gasteiger partial charge in [-0.2, -0.15) is 0 Å². The van der Waals surface area contributed by atoms with E-state index in [1.807, 2.05) is 0 Å². The van der Waals surface area contributed by atoms with Crippen LogP contribution in [0.25, 0.3) is 5.52 Å². The minimum absolute atomic E-state index is 0.141. The quantitative estimate of drug-likeness (QED) is 0.542. The van der Waals surface area contributed by atoms with Gasteiger partial charge in [0, 0.05) is 33.0 Å². The summed E-state index contributed by atoms with van der Waals surface area (Å²) in [6, 6.07) is 11.4. The fourth-order valence-corrected chi connectivity index (χ4v) is 2.92. The highest BCUT2D eigenvalue weighted by atomic mass is 19.1. The van der Waals surface area contributed by atoms with Crippen molar-refractivity contribution in [1.29, 1.82) is 0 Å². The van der Waals surface area contributed by atoms with Crippen LogP contribution in [0, 0.1) is 5.82 Å². The number of carbonyl (C=O) groups excluding carboxylic acids is 2. The Kier molecular flexibility index (Phi) is 6.91. The Morgan fingerprint density at radius 3 is 2.59 bits per heavy atom. The maximum atomic E-state index is 13.0. The SMILES string of the molecule is COCCCNC(=O)c1nc(C(=O)NCCc2ccc(F)cc2)n2ccccc12. The number of benzene rings is 1. The van der Waals surface area contributed by atoms with E-state index in [9.17, 15) is 14.0 Å². The lowest BCUT2D eigenvalue weighted by Crippen LogP contribution is -2.28. The van der Waals surface area contributed by atoms with Crippen molar-refractivity contribution in [1.82, 2.24) is 20.0 Å². The molecule has 0 fully saturated rings. The second-order valence-corrected chi connectivity index (χ2v) is 6.47. The minimum Gasteiger partial charge on any atom is -0.385 e. The van der Waals surface area contributed by atoms with Gasteiger partial charge in [0.2, 0.25) is 5.82 Å².